The van der Waals surface area contributed by atoms with Gasteiger partial charge in [-0.05, 0) is 153 Å². The highest BCUT2D eigenvalue weighted by Gasteiger charge is 2.13. The zero-order valence-corrected chi connectivity index (χ0v) is 34.1. The van der Waals surface area contributed by atoms with Gasteiger partial charge in [0.05, 0.1) is 0 Å². The SMILES string of the molecule is Cc1cc(C)c(NCCCCN(C=O)c2c(C)cc(C)cc2C)c(C)c1.Cc1cc(C)c(NCCCCN(C=O)c2c(C)cc(C)cc2C)c(C)c1. The fourth-order valence-electron chi connectivity index (χ4n) is 7.84. The van der Waals surface area contributed by atoms with Crippen molar-refractivity contribution in [1.82, 2.24) is 0 Å². The maximum atomic E-state index is 11.6. The maximum Gasteiger partial charge on any atom is 0.214 e. The number of carbonyl (C=O) groups excluding carboxylic acids is 2. The molecule has 6 nitrogen and oxygen atoms in total. The van der Waals surface area contributed by atoms with Crippen LogP contribution >= 0.6 is 0 Å². The van der Waals surface area contributed by atoms with Crippen LogP contribution in [0.2, 0.25) is 0 Å². The lowest BCUT2D eigenvalue weighted by Crippen LogP contribution is -2.24. The molecule has 4 rings (SSSR count). The third-order valence-corrected chi connectivity index (χ3v) is 9.71. The highest BCUT2D eigenvalue weighted by atomic mass is 16.1. The van der Waals surface area contributed by atoms with Crippen molar-refractivity contribution in [2.75, 3.05) is 46.6 Å². The van der Waals surface area contributed by atoms with Crippen molar-refractivity contribution in [3.8, 4) is 0 Å². The number of hydrogen-bond acceptors (Lipinski definition) is 4. The van der Waals surface area contributed by atoms with Gasteiger partial charge in [0.15, 0.2) is 0 Å². The van der Waals surface area contributed by atoms with Crippen molar-refractivity contribution >= 4 is 35.6 Å². The van der Waals surface area contributed by atoms with Gasteiger partial charge in [0.1, 0.15) is 0 Å². The van der Waals surface area contributed by atoms with Gasteiger partial charge in [-0.2, -0.15) is 0 Å². The van der Waals surface area contributed by atoms with E-state index in [-0.39, 0.29) is 0 Å². The van der Waals surface area contributed by atoms with Crippen molar-refractivity contribution < 1.29 is 9.59 Å². The van der Waals surface area contributed by atoms with E-state index in [1.165, 1.54) is 78.1 Å². The number of amides is 2. The van der Waals surface area contributed by atoms with Gasteiger partial charge in [0.25, 0.3) is 0 Å². The second kappa shape index (κ2) is 19.9. The van der Waals surface area contributed by atoms with Crippen LogP contribution in [0.3, 0.4) is 0 Å². The monoisotopic (exact) mass is 705 g/mol. The van der Waals surface area contributed by atoms with E-state index in [0.717, 1.165) is 76.1 Å². The van der Waals surface area contributed by atoms with Gasteiger partial charge in [-0.25, -0.2) is 0 Å². The minimum atomic E-state index is 0.752. The highest BCUT2D eigenvalue weighted by Crippen LogP contribution is 2.28. The summed E-state index contributed by atoms with van der Waals surface area (Å²) in [6, 6.07) is 17.4. The third kappa shape index (κ3) is 11.7. The molecule has 6 heteroatoms. The fraction of sp³-hybridized carbons (Fsp3) is 0.435. The topological polar surface area (TPSA) is 64.7 Å². The summed E-state index contributed by atoms with van der Waals surface area (Å²) in [7, 11) is 0. The molecule has 52 heavy (non-hydrogen) atoms. The lowest BCUT2D eigenvalue weighted by Gasteiger charge is -2.22. The number of rotatable bonds is 16. The summed E-state index contributed by atoms with van der Waals surface area (Å²) in [4.78, 5) is 26.9. The Morgan fingerprint density at radius 3 is 0.904 bits per heavy atom. The zero-order chi connectivity index (χ0) is 38.5. The number of anilines is 4. The molecule has 0 aromatic heterocycles. The Morgan fingerprint density at radius 2 is 0.654 bits per heavy atom. The quantitative estimate of drug-likeness (QED) is 0.0900. The molecule has 0 radical (unpaired) electrons. The van der Waals surface area contributed by atoms with Crippen molar-refractivity contribution in [2.24, 2.45) is 0 Å². The van der Waals surface area contributed by atoms with Gasteiger partial charge in [-0.1, -0.05) is 70.8 Å². The molecule has 0 aliphatic heterocycles. The Bertz CT molecular complexity index is 1600. The predicted molar refractivity (Wildman–Crippen MR) is 225 cm³/mol. The molecule has 0 unspecified atom stereocenters. The van der Waals surface area contributed by atoms with Crippen molar-refractivity contribution in [2.45, 2.75) is 109 Å². The summed E-state index contributed by atoms with van der Waals surface area (Å²) in [5.74, 6) is 0. The molecule has 0 saturated heterocycles. The van der Waals surface area contributed by atoms with Gasteiger partial charge in [0, 0.05) is 48.9 Å². The lowest BCUT2D eigenvalue weighted by atomic mass is 10.0. The number of carbonyl (C=O) groups is 2. The standard InChI is InChI=1S/2C23H32N2O/c2*1-16-11-18(3)22(19(4)12-16)24-9-7-8-10-25(15-26)23-20(5)13-17(2)14-21(23)6/h2*11-15,24H,7-10H2,1-6H3. The lowest BCUT2D eigenvalue weighted by molar-refractivity contribution is -0.108. The second-order valence-corrected chi connectivity index (χ2v) is 14.9. The molecule has 2 amide bonds. The van der Waals surface area contributed by atoms with Crippen molar-refractivity contribution in [3.05, 3.63) is 115 Å². The van der Waals surface area contributed by atoms with Crippen LogP contribution in [0.4, 0.5) is 22.7 Å². The number of nitrogens with one attached hydrogen (secondary N) is 2. The molecule has 0 heterocycles. The minimum absolute atomic E-state index is 0.752. The van der Waals surface area contributed by atoms with E-state index in [1.54, 1.807) is 0 Å². The molecule has 0 aliphatic carbocycles. The van der Waals surface area contributed by atoms with Crippen molar-refractivity contribution in [3.63, 3.8) is 0 Å². The fourth-order valence-corrected chi connectivity index (χ4v) is 7.84. The second-order valence-electron chi connectivity index (χ2n) is 14.9. The molecule has 280 valence electrons. The van der Waals surface area contributed by atoms with Crippen LogP contribution < -0.4 is 20.4 Å². The summed E-state index contributed by atoms with van der Waals surface area (Å²) in [5.41, 5.74) is 19.5. The van der Waals surface area contributed by atoms with E-state index in [4.69, 9.17) is 0 Å². The summed E-state index contributed by atoms with van der Waals surface area (Å²) in [6.45, 7) is 28.7. The summed E-state index contributed by atoms with van der Waals surface area (Å²) < 4.78 is 0. The van der Waals surface area contributed by atoms with Gasteiger partial charge in [-0.15, -0.1) is 0 Å². The van der Waals surface area contributed by atoms with Crippen LogP contribution in [0.15, 0.2) is 48.5 Å². The number of unbranched alkanes of at least 4 members (excludes halogenated alkanes) is 2. The minimum Gasteiger partial charge on any atom is -0.385 e. The first-order valence-corrected chi connectivity index (χ1v) is 18.9. The first-order valence-electron chi connectivity index (χ1n) is 18.9. The van der Waals surface area contributed by atoms with Gasteiger partial charge in [-0.3, -0.25) is 9.59 Å². The largest absolute Gasteiger partial charge is 0.385 e. The molecule has 2 N–H and O–H groups in total. The molecule has 4 aromatic rings. The van der Waals surface area contributed by atoms with Crippen LogP contribution in [-0.4, -0.2) is 39.0 Å². The zero-order valence-electron chi connectivity index (χ0n) is 34.1. The Labute approximate surface area is 315 Å². The summed E-state index contributed by atoms with van der Waals surface area (Å²) in [6.07, 6.45) is 5.94. The molecule has 0 spiro atoms. The van der Waals surface area contributed by atoms with E-state index in [1.807, 2.05) is 9.80 Å². The Kier molecular flexibility index (Phi) is 16.0. The van der Waals surface area contributed by atoms with Crippen LogP contribution in [0.5, 0.6) is 0 Å². The average Bonchev–Trinajstić information content (AvgIpc) is 3.04. The van der Waals surface area contributed by atoms with Gasteiger partial charge in [0.2, 0.25) is 12.8 Å². The first-order chi connectivity index (χ1) is 24.7. The van der Waals surface area contributed by atoms with Crippen LogP contribution in [0.1, 0.15) is 92.4 Å². The molecular formula is C46H64N4O2. The Hall–Kier alpha value is -4.58. The van der Waals surface area contributed by atoms with Gasteiger partial charge < -0.3 is 20.4 Å². The van der Waals surface area contributed by atoms with E-state index in [9.17, 15) is 9.59 Å². The molecule has 4 aromatic carbocycles. The van der Waals surface area contributed by atoms with Crippen LogP contribution in [0.25, 0.3) is 0 Å². The summed E-state index contributed by atoms with van der Waals surface area (Å²) >= 11 is 0. The first kappa shape index (κ1) is 41.8. The number of nitrogens with zero attached hydrogens (tertiary/aromatic N) is 2. The number of hydrogen-bond donors (Lipinski definition) is 2. The van der Waals surface area contributed by atoms with Crippen molar-refractivity contribution in [1.29, 1.82) is 0 Å². The van der Waals surface area contributed by atoms with Gasteiger partial charge >= 0.3 is 0 Å². The average molecular weight is 705 g/mol. The smallest absolute Gasteiger partial charge is 0.214 e. The van der Waals surface area contributed by atoms with E-state index in [2.05, 4.69) is 142 Å². The van der Waals surface area contributed by atoms with Crippen LogP contribution in [-0.2, 0) is 9.59 Å². The Morgan fingerprint density at radius 1 is 0.404 bits per heavy atom. The molecule has 0 aliphatic rings. The summed E-state index contributed by atoms with van der Waals surface area (Å²) in [5, 5.41) is 7.13. The maximum absolute atomic E-state index is 11.6. The number of aryl methyl sites for hydroxylation is 12. The molecule has 0 bridgehead atoms. The van der Waals surface area contributed by atoms with Crippen LogP contribution in [0, 0.1) is 83.1 Å². The molecule has 0 saturated carbocycles. The van der Waals surface area contributed by atoms with E-state index >= 15 is 0 Å². The number of benzene rings is 4. The molecule has 0 fully saturated rings. The van der Waals surface area contributed by atoms with E-state index in [0.29, 0.717) is 0 Å². The molecule has 0 atom stereocenters. The Balaban J connectivity index is 0.000000280. The predicted octanol–water partition coefficient (Wildman–Crippen LogP) is 10.8. The normalized spacial score (nSPS) is 10.7. The molecular weight excluding hydrogens is 641 g/mol. The highest BCUT2D eigenvalue weighted by molar-refractivity contribution is 5.80. The van der Waals surface area contributed by atoms with E-state index < -0.39 is 0 Å². The third-order valence-electron chi connectivity index (χ3n) is 9.71.